The van der Waals surface area contributed by atoms with Gasteiger partial charge in [-0.3, -0.25) is 4.90 Å². The van der Waals surface area contributed by atoms with Crippen molar-refractivity contribution in [3.8, 4) is 0 Å². The van der Waals surface area contributed by atoms with Crippen molar-refractivity contribution < 1.29 is 19.1 Å². The van der Waals surface area contributed by atoms with Gasteiger partial charge in [-0.25, -0.2) is 9.59 Å². The molecule has 0 saturated carbocycles. The lowest BCUT2D eigenvalue weighted by molar-refractivity contribution is -0.150. The van der Waals surface area contributed by atoms with Gasteiger partial charge in [-0.1, -0.05) is 0 Å². The van der Waals surface area contributed by atoms with Crippen molar-refractivity contribution in [2.24, 2.45) is 0 Å². The number of carbonyl (C=O) groups is 2. The predicted molar refractivity (Wildman–Crippen MR) is 66.8 cm³/mol. The maximum Gasteiger partial charge on any atom is 0.414 e. The molecule has 1 aliphatic heterocycles. The van der Waals surface area contributed by atoms with Crippen molar-refractivity contribution in [1.29, 1.82) is 0 Å². The number of rotatable bonds is 2. The minimum Gasteiger partial charge on any atom is -0.457 e. The molecular formula is C13H19NO4. The van der Waals surface area contributed by atoms with Crippen molar-refractivity contribution in [3.05, 3.63) is 23.9 Å². The molecule has 0 unspecified atom stereocenters. The zero-order valence-corrected chi connectivity index (χ0v) is 11.2. The van der Waals surface area contributed by atoms with Crippen molar-refractivity contribution in [3.63, 3.8) is 0 Å². The monoisotopic (exact) mass is 253 g/mol. The first-order chi connectivity index (χ1) is 8.33. The summed E-state index contributed by atoms with van der Waals surface area (Å²) in [6.45, 7) is 7.60. The van der Waals surface area contributed by atoms with Gasteiger partial charge in [0, 0.05) is 6.20 Å². The molecule has 0 aromatic rings. The van der Waals surface area contributed by atoms with Gasteiger partial charge in [-0.05, 0) is 39.8 Å². The average Bonchev–Trinajstić information content (AvgIpc) is 2.27. The van der Waals surface area contributed by atoms with E-state index >= 15 is 0 Å². The fraction of sp³-hybridized carbons (Fsp3) is 0.538. The molecule has 0 spiro atoms. The standard InChI is InChI=1S/C13H19NO4/c1-5-17-12(16)14-8-6-7-10(9-14)11(15)18-13(2,3)4/h6-8H,5,9H2,1-4H3. The molecule has 0 aliphatic carbocycles. The van der Waals surface area contributed by atoms with E-state index in [2.05, 4.69) is 0 Å². The maximum absolute atomic E-state index is 11.8. The fourth-order valence-corrected chi connectivity index (χ4v) is 1.36. The third kappa shape index (κ3) is 4.24. The molecule has 0 fully saturated rings. The van der Waals surface area contributed by atoms with Gasteiger partial charge in [0.1, 0.15) is 5.60 Å². The second kappa shape index (κ2) is 5.71. The molecule has 1 heterocycles. The Morgan fingerprint density at radius 1 is 1.39 bits per heavy atom. The van der Waals surface area contributed by atoms with E-state index in [1.54, 1.807) is 46.0 Å². The van der Waals surface area contributed by atoms with Crippen LogP contribution in [0.5, 0.6) is 0 Å². The number of allylic oxidation sites excluding steroid dienone is 2. The second-order valence-electron chi connectivity index (χ2n) is 4.86. The van der Waals surface area contributed by atoms with Crippen molar-refractivity contribution in [2.45, 2.75) is 33.3 Å². The van der Waals surface area contributed by atoms with Gasteiger partial charge in [0.2, 0.25) is 0 Å². The lowest BCUT2D eigenvalue weighted by Crippen LogP contribution is -2.34. The van der Waals surface area contributed by atoms with E-state index in [4.69, 9.17) is 9.47 Å². The highest BCUT2D eigenvalue weighted by Gasteiger charge is 2.24. The lowest BCUT2D eigenvalue weighted by Gasteiger charge is -2.24. The Kier molecular flexibility index (Phi) is 4.53. The molecule has 0 N–H and O–H groups in total. The van der Waals surface area contributed by atoms with Crippen LogP contribution >= 0.6 is 0 Å². The van der Waals surface area contributed by atoms with Crippen LogP contribution in [-0.2, 0) is 14.3 Å². The third-order valence-corrected chi connectivity index (χ3v) is 2.07. The van der Waals surface area contributed by atoms with Crippen LogP contribution < -0.4 is 0 Å². The van der Waals surface area contributed by atoms with Gasteiger partial charge in [0.15, 0.2) is 0 Å². The van der Waals surface area contributed by atoms with Crippen LogP contribution in [0.4, 0.5) is 4.79 Å². The Labute approximate surface area is 107 Å². The van der Waals surface area contributed by atoms with Crippen molar-refractivity contribution in [1.82, 2.24) is 4.90 Å². The molecule has 0 aromatic carbocycles. The van der Waals surface area contributed by atoms with E-state index < -0.39 is 17.7 Å². The summed E-state index contributed by atoms with van der Waals surface area (Å²) in [4.78, 5) is 24.7. The third-order valence-electron chi connectivity index (χ3n) is 2.07. The molecule has 1 aliphatic rings. The van der Waals surface area contributed by atoms with Gasteiger partial charge < -0.3 is 9.47 Å². The molecule has 0 radical (unpaired) electrons. The first-order valence-electron chi connectivity index (χ1n) is 5.87. The highest BCUT2D eigenvalue weighted by molar-refractivity contribution is 5.90. The normalized spacial score (nSPS) is 15.1. The Balaban J connectivity index is 2.65. The SMILES string of the molecule is CCOC(=O)N1C=CC=C(C(=O)OC(C)(C)C)C1. The molecule has 1 amide bonds. The fourth-order valence-electron chi connectivity index (χ4n) is 1.36. The molecule has 1 rings (SSSR count). The molecule has 0 bridgehead atoms. The highest BCUT2D eigenvalue weighted by atomic mass is 16.6. The topological polar surface area (TPSA) is 55.8 Å². The van der Waals surface area contributed by atoms with Crippen LogP contribution in [0.15, 0.2) is 23.9 Å². The molecule has 5 heteroatoms. The Morgan fingerprint density at radius 3 is 2.61 bits per heavy atom. The van der Waals surface area contributed by atoms with E-state index in [1.807, 2.05) is 0 Å². The quantitative estimate of drug-likeness (QED) is 0.708. The molecule has 5 nitrogen and oxygen atoms in total. The number of hydrogen-bond donors (Lipinski definition) is 0. The number of amides is 1. The zero-order valence-electron chi connectivity index (χ0n) is 11.2. The summed E-state index contributed by atoms with van der Waals surface area (Å²) >= 11 is 0. The van der Waals surface area contributed by atoms with E-state index in [1.165, 1.54) is 4.90 Å². The molecule has 0 atom stereocenters. The van der Waals surface area contributed by atoms with Gasteiger partial charge in [0.05, 0.1) is 18.7 Å². The van der Waals surface area contributed by atoms with Gasteiger partial charge >= 0.3 is 12.1 Å². The largest absolute Gasteiger partial charge is 0.457 e. The highest BCUT2D eigenvalue weighted by Crippen LogP contribution is 2.15. The second-order valence-corrected chi connectivity index (χ2v) is 4.86. The summed E-state index contributed by atoms with van der Waals surface area (Å²) in [5.74, 6) is -0.416. The summed E-state index contributed by atoms with van der Waals surface area (Å²) in [6, 6.07) is 0. The molecule has 100 valence electrons. The molecule has 0 aromatic heterocycles. The van der Waals surface area contributed by atoms with E-state index in [0.717, 1.165) is 0 Å². The van der Waals surface area contributed by atoms with Gasteiger partial charge in [-0.15, -0.1) is 0 Å². The van der Waals surface area contributed by atoms with Crippen LogP contribution in [0.3, 0.4) is 0 Å². The summed E-state index contributed by atoms with van der Waals surface area (Å²) in [5, 5.41) is 0. The van der Waals surface area contributed by atoms with Crippen LogP contribution in [-0.4, -0.2) is 35.7 Å². The van der Waals surface area contributed by atoms with E-state index in [0.29, 0.717) is 12.2 Å². The number of carbonyl (C=O) groups excluding carboxylic acids is 2. The lowest BCUT2D eigenvalue weighted by atomic mass is 10.1. The maximum atomic E-state index is 11.8. The van der Waals surface area contributed by atoms with Gasteiger partial charge in [0.25, 0.3) is 0 Å². The minimum atomic E-state index is -0.548. The van der Waals surface area contributed by atoms with Crippen LogP contribution in [0, 0.1) is 0 Å². The number of ether oxygens (including phenoxy) is 2. The summed E-state index contributed by atoms with van der Waals surface area (Å²) < 4.78 is 10.1. The van der Waals surface area contributed by atoms with Crippen LogP contribution in [0.25, 0.3) is 0 Å². The summed E-state index contributed by atoms with van der Waals surface area (Å²) in [6.07, 6.45) is 4.37. The first-order valence-corrected chi connectivity index (χ1v) is 5.87. The number of nitrogens with zero attached hydrogens (tertiary/aromatic N) is 1. The minimum absolute atomic E-state index is 0.171. The summed E-state index contributed by atoms with van der Waals surface area (Å²) in [5.41, 5.74) is -0.117. The predicted octanol–water partition coefficient (Wildman–Crippen LogP) is 2.24. The smallest absolute Gasteiger partial charge is 0.414 e. The Bertz CT molecular complexity index is 390. The summed E-state index contributed by atoms with van der Waals surface area (Å²) in [7, 11) is 0. The Hall–Kier alpha value is -1.78. The number of esters is 1. The number of hydrogen-bond acceptors (Lipinski definition) is 4. The Morgan fingerprint density at radius 2 is 2.06 bits per heavy atom. The average molecular weight is 253 g/mol. The van der Waals surface area contributed by atoms with E-state index in [9.17, 15) is 9.59 Å². The first kappa shape index (κ1) is 14.3. The van der Waals surface area contributed by atoms with E-state index in [-0.39, 0.29) is 6.54 Å². The van der Waals surface area contributed by atoms with Crippen molar-refractivity contribution >= 4 is 12.1 Å². The molecule has 0 saturated heterocycles. The molecular weight excluding hydrogens is 234 g/mol. The van der Waals surface area contributed by atoms with Gasteiger partial charge in [-0.2, -0.15) is 0 Å². The molecule has 18 heavy (non-hydrogen) atoms. The zero-order chi connectivity index (χ0) is 13.8. The van der Waals surface area contributed by atoms with Crippen LogP contribution in [0.1, 0.15) is 27.7 Å². The van der Waals surface area contributed by atoms with Crippen molar-refractivity contribution in [2.75, 3.05) is 13.2 Å². The van der Waals surface area contributed by atoms with Crippen LogP contribution in [0.2, 0.25) is 0 Å².